The molecule has 50 heavy (non-hydrogen) atoms. The minimum absolute atomic E-state index is 0.118. The molecule has 5 aromatic rings. The summed E-state index contributed by atoms with van der Waals surface area (Å²) in [5, 5.41) is 30.3. The van der Waals surface area contributed by atoms with E-state index in [1.54, 1.807) is 28.9 Å². The summed E-state index contributed by atoms with van der Waals surface area (Å²) in [4.78, 5) is 18.4. The van der Waals surface area contributed by atoms with Gasteiger partial charge in [0.25, 0.3) is 0 Å². The van der Waals surface area contributed by atoms with E-state index in [1.165, 1.54) is 18.5 Å². The Balaban J connectivity index is 1.21. The SMILES string of the molecule is NN=NC=NCC(O)(c1ccc(F)cc1F)C(F)(F)c1ccc(C#Cc2ccc(OCc3ccc(Cn4cc(C(=O)O)cn4)cc3)cc2)cn1. The number of nitrogens with zero attached hydrogens (tertiary/aromatic N) is 6. The number of carboxylic acid groups (broad SMARTS) is 1. The number of pyridine rings is 1. The highest BCUT2D eigenvalue weighted by atomic mass is 19.3. The smallest absolute Gasteiger partial charge is 0.338 e. The number of hydrogen-bond donors (Lipinski definition) is 3. The molecule has 0 fully saturated rings. The van der Waals surface area contributed by atoms with Crippen molar-refractivity contribution in [3.63, 3.8) is 0 Å². The van der Waals surface area contributed by atoms with Crippen LogP contribution < -0.4 is 10.6 Å². The van der Waals surface area contributed by atoms with Gasteiger partial charge in [0.1, 0.15) is 36.0 Å². The van der Waals surface area contributed by atoms with Crippen molar-refractivity contribution in [2.24, 2.45) is 21.2 Å². The van der Waals surface area contributed by atoms with E-state index in [0.29, 0.717) is 42.9 Å². The Kier molecular flexibility index (Phi) is 10.6. The van der Waals surface area contributed by atoms with Crippen LogP contribution in [0.3, 0.4) is 0 Å². The number of aliphatic hydroxyl groups is 1. The molecule has 0 saturated carbocycles. The number of aromatic nitrogens is 3. The highest BCUT2D eigenvalue weighted by molar-refractivity contribution is 5.86. The maximum atomic E-state index is 15.8. The van der Waals surface area contributed by atoms with E-state index in [9.17, 15) is 18.7 Å². The average molecular weight is 686 g/mol. The Labute approximate surface area is 282 Å². The van der Waals surface area contributed by atoms with Gasteiger partial charge in [0.15, 0.2) is 5.60 Å². The minimum Gasteiger partial charge on any atom is -0.489 e. The Morgan fingerprint density at radius 3 is 2.30 bits per heavy atom. The van der Waals surface area contributed by atoms with Gasteiger partial charge in [-0.1, -0.05) is 41.3 Å². The van der Waals surface area contributed by atoms with Gasteiger partial charge in [-0.05, 0) is 59.7 Å². The normalized spacial score (nSPS) is 12.8. The van der Waals surface area contributed by atoms with Gasteiger partial charge in [-0.2, -0.15) is 13.9 Å². The number of alkyl halides is 2. The summed E-state index contributed by atoms with van der Waals surface area (Å²) in [5.41, 5.74) is -2.24. The Morgan fingerprint density at radius 2 is 1.66 bits per heavy atom. The first-order valence-electron chi connectivity index (χ1n) is 14.7. The molecule has 5 rings (SSSR count). The highest BCUT2D eigenvalue weighted by Crippen LogP contribution is 2.46. The van der Waals surface area contributed by atoms with E-state index in [-0.39, 0.29) is 11.1 Å². The molecule has 0 radical (unpaired) electrons. The van der Waals surface area contributed by atoms with E-state index in [4.69, 9.17) is 15.7 Å². The number of ether oxygens (including phenoxy) is 1. The van der Waals surface area contributed by atoms with Crippen molar-refractivity contribution in [2.75, 3.05) is 6.54 Å². The summed E-state index contributed by atoms with van der Waals surface area (Å²) in [6.45, 7) is -0.361. The van der Waals surface area contributed by atoms with Gasteiger partial charge in [0.05, 0.1) is 24.8 Å². The van der Waals surface area contributed by atoms with E-state index in [1.807, 2.05) is 24.3 Å². The summed E-state index contributed by atoms with van der Waals surface area (Å²) in [7, 11) is 0. The zero-order chi connectivity index (χ0) is 35.7. The van der Waals surface area contributed by atoms with Gasteiger partial charge in [-0.25, -0.2) is 13.6 Å². The van der Waals surface area contributed by atoms with Crippen LogP contribution in [0.5, 0.6) is 5.75 Å². The molecule has 2 heterocycles. The van der Waals surface area contributed by atoms with Gasteiger partial charge in [0.2, 0.25) is 0 Å². The van der Waals surface area contributed by atoms with Crippen LogP contribution in [0.1, 0.15) is 43.9 Å². The van der Waals surface area contributed by atoms with Gasteiger partial charge >= 0.3 is 11.9 Å². The minimum atomic E-state index is -4.21. The van der Waals surface area contributed by atoms with E-state index < -0.39 is 46.9 Å². The van der Waals surface area contributed by atoms with E-state index in [0.717, 1.165) is 29.5 Å². The Hall–Kier alpha value is -6.40. The summed E-state index contributed by atoms with van der Waals surface area (Å²) in [6, 6.07) is 18.5. The third-order valence-corrected chi connectivity index (χ3v) is 7.36. The maximum absolute atomic E-state index is 15.8. The predicted octanol–water partition coefficient (Wildman–Crippen LogP) is 5.62. The number of benzene rings is 3. The molecule has 254 valence electrons. The van der Waals surface area contributed by atoms with Crippen molar-refractivity contribution >= 4 is 12.3 Å². The molecule has 1 unspecified atom stereocenters. The summed E-state index contributed by atoms with van der Waals surface area (Å²) >= 11 is 0. The van der Waals surface area contributed by atoms with Crippen LogP contribution in [0, 0.1) is 23.5 Å². The second-order valence-corrected chi connectivity index (χ2v) is 10.8. The first-order chi connectivity index (χ1) is 24.0. The average Bonchev–Trinajstić information content (AvgIpc) is 3.58. The summed E-state index contributed by atoms with van der Waals surface area (Å²) < 4.78 is 67.1. The molecule has 0 aliphatic heterocycles. The number of hydrogen-bond acceptors (Lipinski definition) is 7. The van der Waals surface area contributed by atoms with Crippen LogP contribution in [0.2, 0.25) is 0 Å². The second-order valence-electron chi connectivity index (χ2n) is 10.8. The number of halogens is 4. The molecule has 0 saturated heterocycles. The van der Waals surface area contributed by atoms with Crippen LogP contribution in [-0.2, 0) is 24.7 Å². The van der Waals surface area contributed by atoms with Gasteiger partial charge in [0, 0.05) is 35.2 Å². The lowest BCUT2D eigenvalue weighted by atomic mass is 9.84. The van der Waals surface area contributed by atoms with Crippen LogP contribution in [-0.4, -0.2) is 43.8 Å². The Bertz CT molecular complexity index is 2080. The topological polar surface area (TPSA) is 161 Å². The van der Waals surface area contributed by atoms with Crippen molar-refractivity contribution in [1.82, 2.24) is 14.8 Å². The molecule has 0 amide bonds. The molecule has 1 atom stereocenters. The number of nitrogens with two attached hydrogens (primary N) is 1. The molecule has 3 aromatic carbocycles. The molecule has 2 aromatic heterocycles. The third-order valence-electron chi connectivity index (χ3n) is 7.36. The van der Waals surface area contributed by atoms with Gasteiger partial charge in [-0.3, -0.25) is 14.7 Å². The number of carbonyl (C=O) groups is 1. The number of aliphatic imine (C=N–C) groups is 1. The standard InChI is InChI=1S/C35H27F4N7O4/c36-28-10-13-30(31(37)15-28)34(49,21-41-22-43-45-40)35(38,39)32-14-9-24(16-42-32)2-1-23-7-11-29(12-8-23)50-20-26-5-3-25(4-6-26)18-46-19-27(17-44-46)33(47)48/h3-17,19,22,49H,18,20-21H2,(H,47,48)(H2,40,41,43). The number of aromatic carboxylic acids is 1. The molecular weight excluding hydrogens is 658 g/mol. The molecule has 0 bridgehead atoms. The molecule has 15 heteroatoms. The zero-order valence-electron chi connectivity index (χ0n) is 25.9. The first kappa shape index (κ1) is 34.9. The van der Waals surface area contributed by atoms with Crippen molar-refractivity contribution in [3.8, 4) is 17.6 Å². The first-order valence-corrected chi connectivity index (χ1v) is 14.7. The molecule has 0 spiro atoms. The molecule has 11 nitrogen and oxygen atoms in total. The monoisotopic (exact) mass is 685 g/mol. The zero-order valence-corrected chi connectivity index (χ0v) is 25.9. The van der Waals surface area contributed by atoms with Gasteiger partial charge < -0.3 is 20.8 Å². The van der Waals surface area contributed by atoms with Crippen molar-refractivity contribution in [3.05, 3.63) is 148 Å². The summed E-state index contributed by atoms with van der Waals surface area (Å²) in [6.07, 6.45) is 4.55. The Morgan fingerprint density at radius 1 is 0.960 bits per heavy atom. The number of rotatable bonds is 12. The third kappa shape index (κ3) is 8.17. The lowest BCUT2D eigenvalue weighted by molar-refractivity contribution is -0.193. The highest BCUT2D eigenvalue weighted by Gasteiger charge is 2.57. The number of carboxylic acids is 1. The fourth-order valence-corrected chi connectivity index (χ4v) is 4.72. The van der Waals surface area contributed by atoms with Crippen LogP contribution in [0.15, 0.2) is 113 Å². The van der Waals surface area contributed by atoms with Crippen molar-refractivity contribution < 1.29 is 37.3 Å². The van der Waals surface area contributed by atoms with Crippen LogP contribution in [0.4, 0.5) is 17.6 Å². The lowest BCUT2D eigenvalue weighted by Gasteiger charge is -2.34. The predicted molar refractivity (Wildman–Crippen MR) is 172 cm³/mol. The molecular formula is C35H27F4N7O4. The van der Waals surface area contributed by atoms with E-state index >= 15 is 8.78 Å². The fourth-order valence-electron chi connectivity index (χ4n) is 4.72. The van der Waals surface area contributed by atoms with Crippen molar-refractivity contribution in [2.45, 2.75) is 24.7 Å². The maximum Gasteiger partial charge on any atom is 0.338 e. The van der Waals surface area contributed by atoms with Crippen LogP contribution in [0.25, 0.3) is 0 Å². The molecule has 0 aliphatic rings. The van der Waals surface area contributed by atoms with Crippen LogP contribution >= 0.6 is 0 Å². The van der Waals surface area contributed by atoms with E-state index in [2.05, 4.69) is 37.3 Å². The van der Waals surface area contributed by atoms with Crippen molar-refractivity contribution in [1.29, 1.82) is 0 Å². The van der Waals surface area contributed by atoms with Gasteiger partial charge in [-0.15, -0.1) is 5.11 Å². The summed E-state index contributed by atoms with van der Waals surface area (Å²) in [5.74, 6) is 3.51. The molecule has 4 N–H and O–H groups in total. The fraction of sp³-hybridized carbons (Fsp3) is 0.143. The second kappa shape index (κ2) is 15.2. The quantitative estimate of drug-likeness (QED) is 0.0293. The lowest BCUT2D eigenvalue weighted by Crippen LogP contribution is -2.47. The molecule has 0 aliphatic carbocycles. The largest absolute Gasteiger partial charge is 0.489 e.